The minimum Gasteiger partial charge on any atom is -0.444 e. The molecule has 0 saturated carbocycles. The van der Waals surface area contributed by atoms with Gasteiger partial charge in [0.25, 0.3) is 5.92 Å². The zero-order chi connectivity index (χ0) is 12.6. The third-order valence-electron chi connectivity index (χ3n) is 2.16. The van der Waals surface area contributed by atoms with E-state index < -0.39 is 29.0 Å². The van der Waals surface area contributed by atoms with Crippen LogP contribution in [0.15, 0.2) is 0 Å². The van der Waals surface area contributed by atoms with Crippen molar-refractivity contribution in [1.82, 2.24) is 4.90 Å². The van der Waals surface area contributed by atoms with Crippen LogP contribution in [0, 0.1) is 0 Å². The summed E-state index contributed by atoms with van der Waals surface area (Å²) in [5.41, 5.74) is -0.655. The SMILES string of the molecule is CC(C)(C)OC(=O)N1CCC(Br)C(F)(F)C1. The van der Waals surface area contributed by atoms with Crippen molar-refractivity contribution in [3.63, 3.8) is 0 Å². The molecule has 94 valence electrons. The van der Waals surface area contributed by atoms with Crippen LogP contribution in [0.5, 0.6) is 0 Å². The highest BCUT2D eigenvalue weighted by Crippen LogP contribution is 2.33. The predicted molar refractivity (Wildman–Crippen MR) is 60.1 cm³/mol. The van der Waals surface area contributed by atoms with E-state index in [-0.39, 0.29) is 6.42 Å². The summed E-state index contributed by atoms with van der Waals surface area (Å²) in [6.07, 6.45) is -0.446. The third kappa shape index (κ3) is 3.57. The van der Waals surface area contributed by atoms with Gasteiger partial charge in [-0.2, -0.15) is 0 Å². The van der Waals surface area contributed by atoms with E-state index >= 15 is 0 Å². The molecular weight excluding hydrogens is 284 g/mol. The highest BCUT2D eigenvalue weighted by Gasteiger charge is 2.45. The summed E-state index contributed by atoms with van der Waals surface area (Å²) in [7, 11) is 0. The van der Waals surface area contributed by atoms with E-state index in [9.17, 15) is 13.6 Å². The molecule has 0 aromatic rings. The molecule has 1 unspecified atom stereocenters. The number of likely N-dealkylation sites (tertiary alicyclic amines) is 1. The van der Waals surface area contributed by atoms with Gasteiger partial charge in [-0.1, -0.05) is 15.9 Å². The van der Waals surface area contributed by atoms with Crippen LogP contribution < -0.4 is 0 Å². The number of carbonyl (C=O) groups is 1. The lowest BCUT2D eigenvalue weighted by molar-refractivity contribution is -0.0621. The van der Waals surface area contributed by atoms with Crippen molar-refractivity contribution in [3.05, 3.63) is 0 Å². The largest absolute Gasteiger partial charge is 0.444 e. The molecule has 1 heterocycles. The van der Waals surface area contributed by atoms with Gasteiger partial charge in [0, 0.05) is 6.54 Å². The van der Waals surface area contributed by atoms with Crippen LogP contribution in [0.4, 0.5) is 13.6 Å². The molecule has 0 aliphatic carbocycles. The van der Waals surface area contributed by atoms with Crippen LogP contribution in [-0.4, -0.2) is 40.4 Å². The smallest absolute Gasteiger partial charge is 0.410 e. The number of ether oxygens (including phenoxy) is 1. The summed E-state index contributed by atoms with van der Waals surface area (Å²) < 4.78 is 31.7. The quantitative estimate of drug-likeness (QED) is 0.644. The minimum absolute atomic E-state index is 0.228. The first-order valence-corrected chi connectivity index (χ1v) is 6.03. The Labute approximate surface area is 102 Å². The second kappa shape index (κ2) is 4.47. The molecule has 1 aliphatic heterocycles. The normalized spacial score (nSPS) is 25.4. The Hall–Kier alpha value is -0.390. The summed E-state index contributed by atoms with van der Waals surface area (Å²) in [6, 6.07) is 0. The summed E-state index contributed by atoms with van der Waals surface area (Å²) >= 11 is 2.92. The third-order valence-corrected chi connectivity index (χ3v) is 3.29. The molecule has 1 saturated heterocycles. The van der Waals surface area contributed by atoms with Gasteiger partial charge in [-0.15, -0.1) is 0 Å². The van der Waals surface area contributed by atoms with Crippen molar-refractivity contribution in [1.29, 1.82) is 0 Å². The number of nitrogens with zero attached hydrogens (tertiary/aromatic N) is 1. The highest BCUT2D eigenvalue weighted by atomic mass is 79.9. The molecule has 0 spiro atoms. The van der Waals surface area contributed by atoms with Crippen molar-refractivity contribution in [2.75, 3.05) is 13.1 Å². The zero-order valence-electron chi connectivity index (χ0n) is 9.60. The Kier molecular flexibility index (Phi) is 3.82. The van der Waals surface area contributed by atoms with Crippen LogP contribution in [0.3, 0.4) is 0 Å². The Balaban J connectivity index is 2.60. The van der Waals surface area contributed by atoms with Gasteiger partial charge in [0.2, 0.25) is 0 Å². The maximum Gasteiger partial charge on any atom is 0.410 e. The summed E-state index contributed by atoms with van der Waals surface area (Å²) in [5.74, 6) is -2.89. The van der Waals surface area contributed by atoms with Gasteiger partial charge in [-0.05, 0) is 27.2 Å². The standard InChI is InChI=1S/C10H16BrF2NO2/c1-9(2,3)16-8(15)14-5-4-7(11)10(12,13)6-14/h7H,4-6H2,1-3H3. The minimum atomic E-state index is -2.89. The molecule has 0 aromatic carbocycles. The Bertz CT molecular complexity index is 278. The van der Waals surface area contributed by atoms with E-state index in [1.165, 1.54) is 0 Å². The number of halogens is 3. The predicted octanol–water partition coefficient (Wildman–Crippen LogP) is 3.03. The number of amides is 1. The van der Waals surface area contributed by atoms with Crippen molar-refractivity contribution >= 4 is 22.0 Å². The van der Waals surface area contributed by atoms with Gasteiger partial charge in [0.05, 0.1) is 11.4 Å². The topological polar surface area (TPSA) is 29.5 Å². The molecule has 3 nitrogen and oxygen atoms in total. The van der Waals surface area contributed by atoms with E-state index in [2.05, 4.69) is 15.9 Å². The maximum absolute atomic E-state index is 13.3. The molecule has 1 amide bonds. The van der Waals surface area contributed by atoms with Gasteiger partial charge in [-0.3, -0.25) is 0 Å². The summed E-state index contributed by atoms with van der Waals surface area (Å²) in [4.78, 5) is 11.8. The fraction of sp³-hybridized carbons (Fsp3) is 0.900. The van der Waals surface area contributed by atoms with E-state index in [4.69, 9.17) is 4.74 Å². The molecule has 1 aliphatic rings. The van der Waals surface area contributed by atoms with E-state index in [0.29, 0.717) is 6.54 Å². The first-order valence-electron chi connectivity index (χ1n) is 5.12. The van der Waals surface area contributed by atoms with Crippen molar-refractivity contribution in [2.24, 2.45) is 0 Å². The van der Waals surface area contributed by atoms with E-state index in [0.717, 1.165) is 4.90 Å². The Morgan fingerprint density at radius 3 is 2.50 bits per heavy atom. The number of rotatable bonds is 0. The molecular formula is C10H16BrF2NO2. The molecule has 0 radical (unpaired) electrons. The fourth-order valence-electron chi connectivity index (χ4n) is 1.40. The fourth-order valence-corrected chi connectivity index (χ4v) is 1.74. The first kappa shape index (κ1) is 13.7. The van der Waals surface area contributed by atoms with Crippen LogP contribution in [0.2, 0.25) is 0 Å². The van der Waals surface area contributed by atoms with Crippen LogP contribution in [0.25, 0.3) is 0 Å². The van der Waals surface area contributed by atoms with Crippen molar-refractivity contribution in [3.8, 4) is 0 Å². The summed E-state index contributed by atoms with van der Waals surface area (Å²) in [6.45, 7) is 4.83. The number of hydrogen-bond acceptors (Lipinski definition) is 2. The van der Waals surface area contributed by atoms with Gasteiger partial charge < -0.3 is 9.64 Å². The number of piperidine rings is 1. The second-order valence-corrected chi connectivity index (χ2v) is 6.02. The highest BCUT2D eigenvalue weighted by molar-refractivity contribution is 9.09. The van der Waals surface area contributed by atoms with Crippen LogP contribution >= 0.6 is 15.9 Å². The molecule has 6 heteroatoms. The number of hydrogen-bond donors (Lipinski definition) is 0. The lowest BCUT2D eigenvalue weighted by Crippen LogP contribution is -2.52. The van der Waals surface area contributed by atoms with Gasteiger partial charge >= 0.3 is 6.09 Å². The molecule has 1 rings (SSSR count). The zero-order valence-corrected chi connectivity index (χ0v) is 11.2. The molecule has 1 fully saturated rings. The first-order chi connectivity index (χ1) is 7.12. The van der Waals surface area contributed by atoms with E-state index in [1.54, 1.807) is 20.8 Å². The van der Waals surface area contributed by atoms with Gasteiger partial charge in [-0.25, -0.2) is 13.6 Å². The van der Waals surface area contributed by atoms with Crippen LogP contribution in [-0.2, 0) is 4.74 Å². The number of carbonyl (C=O) groups excluding carboxylic acids is 1. The van der Waals surface area contributed by atoms with Crippen molar-refractivity contribution < 1.29 is 18.3 Å². The lowest BCUT2D eigenvalue weighted by atomic mass is 10.1. The lowest BCUT2D eigenvalue weighted by Gasteiger charge is -2.36. The monoisotopic (exact) mass is 299 g/mol. The molecule has 0 N–H and O–H groups in total. The van der Waals surface area contributed by atoms with E-state index in [1.807, 2.05) is 0 Å². The van der Waals surface area contributed by atoms with Crippen molar-refractivity contribution in [2.45, 2.75) is 43.5 Å². The Morgan fingerprint density at radius 2 is 2.06 bits per heavy atom. The summed E-state index contributed by atoms with van der Waals surface area (Å²) in [5, 5.41) is 0. The van der Waals surface area contributed by atoms with Gasteiger partial charge in [0.1, 0.15) is 5.60 Å². The average molecular weight is 300 g/mol. The number of alkyl halides is 3. The van der Waals surface area contributed by atoms with Crippen LogP contribution in [0.1, 0.15) is 27.2 Å². The molecule has 0 aromatic heterocycles. The molecule has 16 heavy (non-hydrogen) atoms. The van der Waals surface area contributed by atoms with Gasteiger partial charge in [0.15, 0.2) is 0 Å². The molecule has 0 bridgehead atoms. The average Bonchev–Trinajstić information content (AvgIpc) is 2.06. The molecule has 1 atom stereocenters. The Morgan fingerprint density at radius 1 is 1.50 bits per heavy atom. The second-order valence-electron chi connectivity index (χ2n) is 4.92. The maximum atomic E-state index is 13.3.